The van der Waals surface area contributed by atoms with Crippen molar-refractivity contribution in [3.63, 3.8) is 0 Å². The van der Waals surface area contributed by atoms with Crippen LogP contribution in [0.3, 0.4) is 0 Å². The molecule has 0 fully saturated rings. The zero-order valence-electron chi connectivity index (χ0n) is 14.6. The average molecular weight is 339 g/mol. The number of rotatable bonds is 4. The Morgan fingerprint density at radius 2 is 2.12 bits per heavy atom. The van der Waals surface area contributed by atoms with Crippen molar-refractivity contribution >= 4 is 17.6 Å². The molecular formula is C19H21N3O3. The summed E-state index contributed by atoms with van der Waals surface area (Å²) in [5.74, 6) is -0.00832. The minimum absolute atomic E-state index is 0.332. The average Bonchev–Trinajstić information content (AvgIpc) is 2.61. The Bertz CT molecular complexity index is 821. The third-order valence-corrected chi connectivity index (χ3v) is 4.26. The summed E-state index contributed by atoms with van der Waals surface area (Å²) in [7, 11) is 0. The Balaban J connectivity index is 1.82. The van der Waals surface area contributed by atoms with Crippen molar-refractivity contribution < 1.29 is 14.3 Å². The van der Waals surface area contributed by atoms with E-state index in [1.807, 2.05) is 38.1 Å². The molecule has 0 bridgehead atoms. The number of pyridine rings is 1. The smallest absolute Gasteiger partial charge is 0.282 e. The lowest BCUT2D eigenvalue weighted by Gasteiger charge is -2.38. The molecule has 0 unspecified atom stereocenters. The number of carbonyl (C=O) groups is 2. The summed E-state index contributed by atoms with van der Waals surface area (Å²) < 4.78 is 5.77. The van der Waals surface area contributed by atoms with Crippen LogP contribution in [0, 0.1) is 6.92 Å². The van der Waals surface area contributed by atoms with Crippen LogP contribution >= 0.6 is 0 Å². The van der Waals surface area contributed by atoms with Crippen LogP contribution in [0.25, 0.3) is 0 Å². The van der Waals surface area contributed by atoms with E-state index in [-0.39, 0.29) is 0 Å². The van der Waals surface area contributed by atoms with Gasteiger partial charge in [0.05, 0.1) is 0 Å². The fraction of sp³-hybridized carbons (Fsp3) is 0.316. The van der Waals surface area contributed by atoms with E-state index in [2.05, 4.69) is 10.3 Å². The van der Waals surface area contributed by atoms with Gasteiger partial charge in [-0.15, -0.1) is 0 Å². The van der Waals surface area contributed by atoms with E-state index in [0.29, 0.717) is 24.7 Å². The molecule has 1 aliphatic heterocycles. The highest BCUT2D eigenvalue weighted by atomic mass is 16.5. The highest BCUT2D eigenvalue weighted by Crippen LogP contribution is 2.35. The summed E-state index contributed by atoms with van der Waals surface area (Å²) in [5.41, 5.74) is 0.463. The van der Waals surface area contributed by atoms with Crippen LogP contribution in [0.15, 0.2) is 42.6 Å². The van der Waals surface area contributed by atoms with Gasteiger partial charge in [0.15, 0.2) is 11.6 Å². The zero-order chi connectivity index (χ0) is 18.0. The number of hydrogen-bond acceptors (Lipinski definition) is 4. The number of nitrogens with zero attached hydrogens (tertiary/aromatic N) is 2. The first kappa shape index (κ1) is 17.0. The molecule has 25 heavy (non-hydrogen) atoms. The van der Waals surface area contributed by atoms with Gasteiger partial charge in [0.1, 0.15) is 0 Å². The van der Waals surface area contributed by atoms with E-state index < -0.39 is 17.4 Å². The first-order valence-electron chi connectivity index (χ1n) is 8.25. The van der Waals surface area contributed by atoms with Crippen molar-refractivity contribution in [3.05, 3.63) is 53.7 Å². The van der Waals surface area contributed by atoms with E-state index >= 15 is 0 Å². The van der Waals surface area contributed by atoms with Gasteiger partial charge >= 0.3 is 0 Å². The van der Waals surface area contributed by atoms with Crippen LogP contribution in [0.1, 0.15) is 25.0 Å². The van der Waals surface area contributed by atoms with Crippen molar-refractivity contribution in [3.8, 4) is 5.75 Å². The Morgan fingerprint density at radius 1 is 1.32 bits per heavy atom. The molecule has 0 radical (unpaired) electrons. The summed E-state index contributed by atoms with van der Waals surface area (Å²) in [5, 5.41) is 2.81. The van der Waals surface area contributed by atoms with Crippen LogP contribution in [-0.4, -0.2) is 28.9 Å². The summed E-state index contributed by atoms with van der Waals surface area (Å²) in [4.78, 5) is 31.3. The first-order chi connectivity index (χ1) is 12.0. The molecule has 2 amide bonds. The summed E-state index contributed by atoms with van der Waals surface area (Å²) >= 11 is 0. The number of aromatic nitrogens is 1. The molecule has 2 aromatic rings. The Kier molecular flexibility index (Phi) is 4.44. The quantitative estimate of drug-likeness (QED) is 0.867. The summed E-state index contributed by atoms with van der Waals surface area (Å²) in [6.45, 7) is 6.07. The maximum Gasteiger partial charge on any atom is 0.282 e. The van der Waals surface area contributed by atoms with E-state index in [1.165, 1.54) is 11.8 Å². The predicted octanol–water partition coefficient (Wildman–Crippen LogP) is 2.21. The topological polar surface area (TPSA) is 71.5 Å². The van der Waals surface area contributed by atoms with Gasteiger partial charge in [-0.2, -0.15) is 0 Å². The third-order valence-electron chi connectivity index (χ3n) is 4.26. The van der Waals surface area contributed by atoms with Gasteiger partial charge in [0.25, 0.3) is 17.4 Å². The Labute approximate surface area is 146 Å². The number of likely N-dealkylation sites (N-methyl/N-ethyl adjacent to an activating group) is 1. The van der Waals surface area contributed by atoms with Crippen LogP contribution in [0.2, 0.25) is 0 Å². The molecule has 6 nitrogen and oxygen atoms in total. The van der Waals surface area contributed by atoms with Crippen molar-refractivity contribution in [2.24, 2.45) is 0 Å². The van der Waals surface area contributed by atoms with Crippen LogP contribution in [0.5, 0.6) is 5.75 Å². The number of benzene rings is 1. The van der Waals surface area contributed by atoms with Gasteiger partial charge in [-0.25, -0.2) is 4.98 Å². The number of anilines is 1. The zero-order valence-corrected chi connectivity index (χ0v) is 14.6. The second kappa shape index (κ2) is 6.55. The maximum absolute atomic E-state index is 12.8. The molecule has 3 rings (SSSR count). The lowest BCUT2D eigenvalue weighted by atomic mass is 10.0. The van der Waals surface area contributed by atoms with Crippen LogP contribution in [0.4, 0.5) is 5.82 Å². The predicted molar refractivity (Wildman–Crippen MR) is 94.3 cm³/mol. The molecule has 0 saturated carbocycles. The number of nitrogens with one attached hydrogen (secondary N) is 1. The molecule has 0 spiro atoms. The van der Waals surface area contributed by atoms with Gasteiger partial charge in [0, 0.05) is 19.3 Å². The van der Waals surface area contributed by atoms with Crippen molar-refractivity contribution in [2.45, 2.75) is 32.9 Å². The minimum atomic E-state index is -1.62. The van der Waals surface area contributed by atoms with Crippen molar-refractivity contribution in [1.29, 1.82) is 0 Å². The maximum atomic E-state index is 12.8. The number of hydrogen-bond donors (Lipinski definition) is 1. The molecule has 6 heteroatoms. The molecule has 1 N–H and O–H groups in total. The highest BCUT2D eigenvalue weighted by molar-refractivity contribution is 6.16. The normalized spacial score (nSPS) is 19.2. The van der Waals surface area contributed by atoms with Gasteiger partial charge in [-0.05, 0) is 38.5 Å². The largest absolute Gasteiger partial charge is 0.464 e. The standard InChI is InChI=1S/C19H21N3O3/c1-4-22-16-15(9-6-10-20-16)25-19(3,18(22)24)17(23)21-12-14-8-5-7-13(2)11-14/h5-11H,4,12H2,1-3H3,(H,21,23)/t19-/m1/s1. The molecule has 1 aromatic carbocycles. The van der Waals surface area contributed by atoms with Crippen LogP contribution in [-0.2, 0) is 16.1 Å². The van der Waals surface area contributed by atoms with Crippen molar-refractivity contribution in [1.82, 2.24) is 10.3 Å². The van der Waals surface area contributed by atoms with Gasteiger partial charge in [-0.3, -0.25) is 14.5 Å². The number of amides is 2. The third kappa shape index (κ3) is 3.07. The molecule has 1 aliphatic rings. The SMILES string of the molecule is CCN1C(=O)[C@@](C)(C(=O)NCc2cccc(C)c2)Oc2cccnc21. The number of aryl methyl sites for hydroxylation is 1. The molecule has 2 heterocycles. The highest BCUT2D eigenvalue weighted by Gasteiger charge is 2.50. The van der Waals surface area contributed by atoms with E-state index in [9.17, 15) is 9.59 Å². The molecule has 1 atom stereocenters. The van der Waals surface area contributed by atoms with Crippen molar-refractivity contribution in [2.75, 3.05) is 11.4 Å². The first-order valence-corrected chi connectivity index (χ1v) is 8.25. The second-order valence-electron chi connectivity index (χ2n) is 6.18. The van der Waals surface area contributed by atoms with E-state index in [4.69, 9.17) is 4.74 Å². The molecule has 130 valence electrons. The Morgan fingerprint density at radius 3 is 2.84 bits per heavy atom. The number of carbonyl (C=O) groups excluding carboxylic acids is 2. The molecule has 0 saturated heterocycles. The number of fused-ring (bicyclic) bond motifs is 1. The molecular weight excluding hydrogens is 318 g/mol. The van der Waals surface area contributed by atoms with E-state index in [1.54, 1.807) is 18.3 Å². The van der Waals surface area contributed by atoms with Gasteiger partial charge in [0.2, 0.25) is 0 Å². The van der Waals surface area contributed by atoms with Gasteiger partial charge < -0.3 is 10.1 Å². The fourth-order valence-corrected chi connectivity index (χ4v) is 2.89. The lowest BCUT2D eigenvalue weighted by molar-refractivity contribution is -0.148. The van der Waals surface area contributed by atoms with E-state index in [0.717, 1.165) is 11.1 Å². The summed E-state index contributed by atoms with van der Waals surface area (Å²) in [6.07, 6.45) is 1.60. The Hall–Kier alpha value is -2.89. The molecule has 1 aromatic heterocycles. The van der Waals surface area contributed by atoms with Crippen LogP contribution < -0.4 is 15.0 Å². The lowest BCUT2D eigenvalue weighted by Crippen LogP contribution is -2.62. The van der Waals surface area contributed by atoms with Gasteiger partial charge in [-0.1, -0.05) is 29.8 Å². The fourth-order valence-electron chi connectivity index (χ4n) is 2.89. The molecule has 0 aliphatic carbocycles. The monoisotopic (exact) mass is 339 g/mol. The minimum Gasteiger partial charge on any atom is -0.464 e. The number of ether oxygens (including phenoxy) is 1. The second-order valence-corrected chi connectivity index (χ2v) is 6.18. The summed E-state index contributed by atoms with van der Waals surface area (Å²) in [6, 6.07) is 11.3.